The molecule has 32 heavy (non-hydrogen) atoms. The zero-order chi connectivity index (χ0) is 22.3. The van der Waals surface area contributed by atoms with Gasteiger partial charge in [-0.05, 0) is 49.1 Å². The molecule has 0 radical (unpaired) electrons. The normalized spacial score (nSPS) is 16.8. The fraction of sp³-hybridized carbons (Fsp3) is 0.440. The second kappa shape index (κ2) is 10.5. The van der Waals surface area contributed by atoms with Gasteiger partial charge in [0.05, 0.1) is 7.11 Å². The number of amides is 2. The number of hydrogen-bond acceptors (Lipinski definition) is 5. The molecule has 2 fully saturated rings. The zero-order valence-corrected chi connectivity index (χ0v) is 18.6. The molecule has 1 aliphatic carbocycles. The molecule has 1 heterocycles. The Kier molecular flexibility index (Phi) is 7.27. The monoisotopic (exact) mass is 437 g/mol. The fourth-order valence-electron chi connectivity index (χ4n) is 3.86. The highest BCUT2D eigenvalue weighted by Crippen LogP contribution is 2.30. The average Bonchev–Trinajstić information content (AvgIpc) is 3.66. The summed E-state index contributed by atoms with van der Waals surface area (Å²) in [6, 6.07) is 15.4. The van der Waals surface area contributed by atoms with Gasteiger partial charge in [0.2, 0.25) is 5.91 Å². The van der Waals surface area contributed by atoms with Gasteiger partial charge in [0, 0.05) is 50.4 Å². The van der Waals surface area contributed by atoms with E-state index in [0.29, 0.717) is 18.0 Å². The van der Waals surface area contributed by atoms with Crippen molar-refractivity contribution in [1.82, 2.24) is 9.80 Å². The highest BCUT2D eigenvalue weighted by molar-refractivity contribution is 5.94. The van der Waals surface area contributed by atoms with Crippen molar-refractivity contribution in [3.05, 3.63) is 54.1 Å². The Hall–Kier alpha value is -3.06. The highest BCUT2D eigenvalue weighted by atomic mass is 16.5. The summed E-state index contributed by atoms with van der Waals surface area (Å²) >= 11 is 0. The van der Waals surface area contributed by atoms with Gasteiger partial charge >= 0.3 is 0 Å². The number of carbonyl (C=O) groups excluding carboxylic acids is 2. The summed E-state index contributed by atoms with van der Waals surface area (Å²) in [5, 5.41) is 2.91. The summed E-state index contributed by atoms with van der Waals surface area (Å²) in [4.78, 5) is 28.9. The smallest absolute Gasteiger partial charge is 0.260 e. The van der Waals surface area contributed by atoms with Crippen LogP contribution >= 0.6 is 0 Å². The summed E-state index contributed by atoms with van der Waals surface area (Å²) in [6.45, 7) is 4.08. The predicted molar refractivity (Wildman–Crippen MR) is 123 cm³/mol. The number of rotatable bonds is 8. The summed E-state index contributed by atoms with van der Waals surface area (Å²) in [7, 11) is 1.67. The quantitative estimate of drug-likeness (QED) is 0.687. The lowest BCUT2D eigenvalue weighted by Crippen LogP contribution is -2.38. The van der Waals surface area contributed by atoms with Gasteiger partial charge in [-0.15, -0.1) is 0 Å². The maximum atomic E-state index is 12.7. The van der Waals surface area contributed by atoms with Crippen LogP contribution in [0.5, 0.6) is 11.5 Å². The molecule has 1 saturated heterocycles. The third kappa shape index (κ3) is 6.23. The van der Waals surface area contributed by atoms with E-state index in [2.05, 4.69) is 22.3 Å². The Balaban J connectivity index is 1.23. The maximum Gasteiger partial charge on any atom is 0.260 e. The Morgan fingerprint density at radius 3 is 2.56 bits per heavy atom. The van der Waals surface area contributed by atoms with Crippen LogP contribution in [0.2, 0.25) is 0 Å². The first kappa shape index (κ1) is 22.1. The molecule has 1 saturated carbocycles. The number of hydrogen-bond donors (Lipinski definition) is 1. The molecule has 2 aliphatic rings. The molecule has 0 unspecified atom stereocenters. The zero-order valence-electron chi connectivity index (χ0n) is 18.6. The maximum absolute atomic E-state index is 12.7. The second-order valence-corrected chi connectivity index (χ2v) is 8.44. The average molecular weight is 438 g/mol. The molecule has 7 nitrogen and oxygen atoms in total. The van der Waals surface area contributed by atoms with Crippen LogP contribution in [0.3, 0.4) is 0 Å². The van der Waals surface area contributed by atoms with E-state index in [9.17, 15) is 9.59 Å². The van der Waals surface area contributed by atoms with Crippen molar-refractivity contribution in [2.75, 3.05) is 45.2 Å². The topological polar surface area (TPSA) is 71.1 Å². The lowest BCUT2D eigenvalue weighted by molar-refractivity contribution is -0.133. The minimum absolute atomic E-state index is 0.00148. The number of carbonyl (C=O) groups is 2. The van der Waals surface area contributed by atoms with Crippen LogP contribution in [-0.2, 0) is 16.1 Å². The van der Waals surface area contributed by atoms with Gasteiger partial charge in [-0.2, -0.15) is 0 Å². The van der Waals surface area contributed by atoms with E-state index in [1.165, 1.54) is 5.56 Å². The van der Waals surface area contributed by atoms with Gasteiger partial charge < -0.3 is 19.7 Å². The van der Waals surface area contributed by atoms with Crippen LogP contribution in [0.15, 0.2) is 48.5 Å². The van der Waals surface area contributed by atoms with Gasteiger partial charge in [0.15, 0.2) is 6.61 Å². The molecule has 4 rings (SSSR count). The van der Waals surface area contributed by atoms with E-state index in [-0.39, 0.29) is 24.3 Å². The number of ether oxygens (including phenoxy) is 2. The van der Waals surface area contributed by atoms with Crippen LogP contribution < -0.4 is 14.8 Å². The van der Waals surface area contributed by atoms with Gasteiger partial charge in [-0.3, -0.25) is 14.5 Å². The second-order valence-electron chi connectivity index (χ2n) is 8.44. The molecule has 170 valence electrons. The molecule has 2 amide bonds. The van der Waals surface area contributed by atoms with Crippen molar-refractivity contribution in [3.8, 4) is 11.5 Å². The number of nitrogens with one attached hydrogen (secondary N) is 1. The molecule has 2 aromatic carbocycles. The summed E-state index contributed by atoms with van der Waals surface area (Å²) in [5.74, 6) is 1.64. The largest absolute Gasteiger partial charge is 0.497 e. The van der Waals surface area contributed by atoms with Crippen LogP contribution in [0.25, 0.3) is 0 Å². The molecule has 7 heteroatoms. The van der Waals surface area contributed by atoms with Crippen molar-refractivity contribution in [2.24, 2.45) is 5.92 Å². The Bertz CT molecular complexity index is 927. The molecular formula is C25H31N3O4. The number of benzene rings is 2. The van der Waals surface area contributed by atoms with E-state index in [4.69, 9.17) is 9.47 Å². The van der Waals surface area contributed by atoms with Crippen molar-refractivity contribution in [3.63, 3.8) is 0 Å². The first-order valence-electron chi connectivity index (χ1n) is 11.3. The molecule has 0 bridgehead atoms. The molecular weight excluding hydrogens is 406 g/mol. The standard InChI is InChI=1S/C25H31N3O4/c1-31-22-10-6-19(7-11-22)17-27-12-3-13-28(15-14-27)24(29)18-32-23-5-2-4-21(16-23)26-25(30)20-8-9-20/h2,4-7,10-11,16,20H,3,8-9,12-15,17-18H2,1H3,(H,26,30). The summed E-state index contributed by atoms with van der Waals surface area (Å²) in [5.41, 5.74) is 1.94. The number of anilines is 1. The van der Waals surface area contributed by atoms with E-state index in [0.717, 1.165) is 51.2 Å². The third-order valence-electron chi connectivity index (χ3n) is 5.92. The molecule has 1 aliphatic heterocycles. The lowest BCUT2D eigenvalue weighted by atomic mass is 10.2. The van der Waals surface area contributed by atoms with Crippen molar-refractivity contribution >= 4 is 17.5 Å². The van der Waals surface area contributed by atoms with E-state index < -0.39 is 0 Å². The fourth-order valence-corrected chi connectivity index (χ4v) is 3.86. The van der Waals surface area contributed by atoms with E-state index >= 15 is 0 Å². The number of methoxy groups -OCH3 is 1. The minimum Gasteiger partial charge on any atom is -0.497 e. The minimum atomic E-state index is -0.0104. The third-order valence-corrected chi connectivity index (χ3v) is 5.92. The Labute approximate surface area is 189 Å². The highest BCUT2D eigenvalue weighted by Gasteiger charge is 2.29. The van der Waals surface area contributed by atoms with Crippen molar-refractivity contribution in [1.29, 1.82) is 0 Å². The predicted octanol–water partition coefficient (Wildman–Crippen LogP) is 3.16. The van der Waals surface area contributed by atoms with Crippen LogP contribution in [0.4, 0.5) is 5.69 Å². The lowest BCUT2D eigenvalue weighted by Gasteiger charge is -2.22. The summed E-state index contributed by atoms with van der Waals surface area (Å²) in [6.07, 6.45) is 2.86. The van der Waals surface area contributed by atoms with Gasteiger partial charge in [-0.25, -0.2) is 0 Å². The Morgan fingerprint density at radius 1 is 1.00 bits per heavy atom. The van der Waals surface area contributed by atoms with E-state index in [1.807, 2.05) is 29.2 Å². The first-order valence-corrected chi connectivity index (χ1v) is 11.3. The molecule has 0 spiro atoms. The van der Waals surface area contributed by atoms with E-state index in [1.54, 1.807) is 19.2 Å². The molecule has 1 N–H and O–H groups in total. The van der Waals surface area contributed by atoms with Crippen LogP contribution in [0.1, 0.15) is 24.8 Å². The molecule has 0 aromatic heterocycles. The SMILES string of the molecule is COc1ccc(CN2CCCN(C(=O)COc3cccc(NC(=O)C4CC4)c3)CC2)cc1. The summed E-state index contributed by atoms with van der Waals surface area (Å²) < 4.78 is 11.0. The van der Waals surface area contributed by atoms with Crippen LogP contribution in [0, 0.1) is 5.92 Å². The van der Waals surface area contributed by atoms with Crippen molar-refractivity contribution in [2.45, 2.75) is 25.8 Å². The van der Waals surface area contributed by atoms with Gasteiger partial charge in [0.25, 0.3) is 5.91 Å². The number of nitrogens with zero attached hydrogens (tertiary/aromatic N) is 2. The Morgan fingerprint density at radius 2 is 1.81 bits per heavy atom. The van der Waals surface area contributed by atoms with Gasteiger partial charge in [-0.1, -0.05) is 18.2 Å². The van der Waals surface area contributed by atoms with Gasteiger partial charge in [0.1, 0.15) is 11.5 Å². The van der Waals surface area contributed by atoms with Crippen LogP contribution in [-0.4, -0.2) is 61.5 Å². The van der Waals surface area contributed by atoms with Crippen molar-refractivity contribution < 1.29 is 19.1 Å². The molecule has 2 aromatic rings. The molecule has 0 atom stereocenters. The first-order chi connectivity index (χ1) is 15.6.